The van der Waals surface area contributed by atoms with Gasteiger partial charge in [0.05, 0.1) is 10.4 Å². The molecule has 0 atom stereocenters. The molecule has 0 spiro atoms. The lowest BCUT2D eigenvalue weighted by Crippen LogP contribution is -1.99. The van der Waals surface area contributed by atoms with Crippen molar-refractivity contribution in [2.75, 3.05) is 0 Å². The number of rotatable bonds is 3. The molecule has 0 radical (unpaired) electrons. The van der Waals surface area contributed by atoms with Crippen molar-refractivity contribution in [2.45, 2.75) is 13.5 Å². The van der Waals surface area contributed by atoms with E-state index in [1.54, 1.807) is 12.1 Å². The summed E-state index contributed by atoms with van der Waals surface area (Å²) in [6.07, 6.45) is 5.56. The summed E-state index contributed by atoms with van der Waals surface area (Å²) >= 11 is 0. The molecule has 0 aliphatic heterocycles. The number of nitrogens with zero attached hydrogens (tertiary/aromatic N) is 3. The number of hydrogen-bond donors (Lipinski definition) is 0. The first-order chi connectivity index (χ1) is 9.63. The summed E-state index contributed by atoms with van der Waals surface area (Å²) in [6, 6.07) is 8.94. The fourth-order valence-electron chi connectivity index (χ4n) is 2.32. The SMILES string of the molecule is Cc1cncc(Cn2ccc3ccc([N+](=O)[O-])cc32)c1. The molecule has 0 aliphatic rings. The Morgan fingerprint density at radius 2 is 2.10 bits per heavy atom. The summed E-state index contributed by atoms with van der Waals surface area (Å²) in [6.45, 7) is 2.65. The van der Waals surface area contributed by atoms with Gasteiger partial charge in [-0.1, -0.05) is 6.07 Å². The topological polar surface area (TPSA) is 61.0 Å². The number of fused-ring (bicyclic) bond motifs is 1. The van der Waals surface area contributed by atoms with Crippen molar-refractivity contribution in [3.8, 4) is 0 Å². The van der Waals surface area contributed by atoms with Gasteiger partial charge in [-0.2, -0.15) is 0 Å². The first kappa shape index (κ1) is 12.3. The van der Waals surface area contributed by atoms with Crippen LogP contribution >= 0.6 is 0 Å². The summed E-state index contributed by atoms with van der Waals surface area (Å²) < 4.78 is 2.00. The Morgan fingerprint density at radius 1 is 1.25 bits per heavy atom. The number of benzene rings is 1. The van der Waals surface area contributed by atoms with Crippen molar-refractivity contribution >= 4 is 16.6 Å². The van der Waals surface area contributed by atoms with Gasteiger partial charge in [0, 0.05) is 42.7 Å². The Labute approximate surface area is 115 Å². The second kappa shape index (κ2) is 4.77. The van der Waals surface area contributed by atoms with Gasteiger partial charge < -0.3 is 4.57 Å². The maximum absolute atomic E-state index is 10.9. The van der Waals surface area contributed by atoms with Crippen molar-refractivity contribution in [3.63, 3.8) is 0 Å². The lowest BCUT2D eigenvalue weighted by Gasteiger charge is -2.06. The summed E-state index contributed by atoms with van der Waals surface area (Å²) in [5.74, 6) is 0. The summed E-state index contributed by atoms with van der Waals surface area (Å²) in [4.78, 5) is 14.7. The van der Waals surface area contributed by atoms with Gasteiger partial charge in [0.25, 0.3) is 5.69 Å². The second-order valence-corrected chi connectivity index (χ2v) is 4.81. The predicted molar refractivity (Wildman–Crippen MR) is 76.7 cm³/mol. The van der Waals surface area contributed by atoms with Crippen LogP contribution in [0.4, 0.5) is 5.69 Å². The van der Waals surface area contributed by atoms with E-state index in [4.69, 9.17) is 0 Å². The molecule has 2 heterocycles. The summed E-state index contributed by atoms with van der Waals surface area (Å²) in [5.41, 5.74) is 3.15. The highest BCUT2D eigenvalue weighted by Gasteiger charge is 2.09. The van der Waals surface area contributed by atoms with E-state index in [2.05, 4.69) is 11.1 Å². The van der Waals surface area contributed by atoms with Crippen LogP contribution in [0.25, 0.3) is 10.9 Å². The number of non-ortho nitro benzene ring substituents is 1. The monoisotopic (exact) mass is 267 g/mol. The minimum absolute atomic E-state index is 0.111. The molecule has 0 saturated carbocycles. The quantitative estimate of drug-likeness (QED) is 0.540. The van der Waals surface area contributed by atoms with Gasteiger partial charge in [0.1, 0.15) is 0 Å². The van der Waals surface area contributed by atoms with E-state index in [0.29, 0.717) is 6.54 Å². The van der Waals surface area contributed by atoms with Gasteiger partial charge in [-0.3, -0.25) is 15.1 Å². The molecule has 3 aromatic rings. The zero-order chi connectivity index (χ0) is 14.1. The number of aryl methyl sites for hydroxylation is 1. The van der Waals surface area contributed by atoms with E-state index < -0.39 is 0 Å². The number of pyridine rings is 1. The van der Waals surface area contributed by atoms with E-state index in [-0.39, 0.29) is 10.6 Å². The molecular weight excluding hydrogens is 254 g/mol. The molecule has 5 heteroatoms. The van der Waals surface area contributed by atoms with Crippen LogP contribution in [0.3, 0.4) is 0 Å². The third kappa shape index (κ3) is 2.25. The number of nitro groups is 1. The number of hydrogen-bond acceptors (Lipinski definition) is 3. The Kier molecular flexibility index (Phi) is 2.95. The van der Waals surface area contributed by atoms with Crippen molar-refractivity contribution < 1.29 is 4.92 Å². The van der Waals surface area contributed by atoms with Gasteiger partial charge in [-0.15, -0.1) is 0 Å². The van der Waals surface area contributed by atoms with E-state index in [9.17, 15) is 10.1 Å². The lowest BCUT2D eigenvalue weighted by atomic mass is 10.2. The van der Waals surface area contributed by atoms with Crippen LogP contribution in [0.1, 0.15) is 11.1 Å². The first-order valence-electron chi connectivity index (χ1n) is 6.27. The zero-order valence-electron chi connectivity index (χ0n) is 11.0. The average Bonchev–Trinajstić information content (AvgIpc) is 2.81. The molecule has 100 valence electrons. The van der Waals surface area contributed by atoms with Gasteiger partial charge in [0.2, 0.25) is 0 Å². The van der Waals surface area contributed by atoms with Gasteiger partial charge in [0.15, 0.2) is 0 Å². The molecule has 0 bridgehead atoms. The fourth-order valence-corrected chi connectivity index (χ4v) is 2.32. The number of aromatic nitrogens is 2. The summed E-state index contributed by atoms with van der Waals surface area (Å²) in [5, 5.41) is 11.9. The maximum Gasteiger partial charge on any atom is 0.271 e. The van der Waals surface area contributed by atoms with E-state index in [0.717, 1.165) is 22.0 Å². The van der Waals surface area contributed by atoms with Crippen LogP contribution in [-0.4, -0.2) is 14.5 Å². The Balaban J connectivity index is 2.03. The van der Waals surface area contributed by atoms with Crippen molar-refractivity contribution in [2.24, 2.45) is 0 Å². The van der Waals surface area contributed by atoms with Gasteiger partial charge >= 0.3 is 0 Å². The molecule has 0 N–H and O–H groups in total. The normalized spacial score (nSPS) is 10.8. The van der Waals surface area contributed by atoms with Crippen LogP contribution < -0.4 is 0 Å². The van der Waals surface area contributed by atoms with Crippen LogP contribution in [0, 0.1) is 17.0 Å². The molecule has 2 aromatic heterocycles. The minimum Gasteiger partial charge on any atom is -0.343 e. The van der Waals surface area contributed by atoms with Crippen LogP contribution in [-0.2, 0) is 6.54 Å². The predicted octanol–water partition coefficient (Wildman–Crippen LogP) is 3.30. The Bertz CT molecular complexity index is 793. The molecule has 3 rings (SSSR count). The van der Waals surface area contributed by atoms with Crippen LogP contribution in [0.2, 0.25) is 0 Å². The molecule has 0 fully saturated rings. The van der Waals surface area contributed by atoms with E-state index >= 15 is 0 Å². The molecule has 5 nitrogen and oxygen atoms in total. The summed E-state index contributed by atoms with van der Waals surface area (Å²) in [7, 11) is 0. The molecule has 0 aliphatic carbocycles. The number of nitro benzene ring substituents is 1. The third-order valence-electron chi connectivity index (χ3n) is 3.25. The molecule has 1 aromatic carbocycles. The highest BCUT2D eigenvalue weighted by atomic mass is 16.6. The molecule has 0 saturated heterocycles. The van der Waals surface area contributed by atoms with E-state index in [1.165, 1.54) is 6.07 Å². The van der Waals surface area contributed by atoms with Crippen LogP contribution in [0.5, 0.6) is 0 Å². The Morgan fingerprint density at radius 3 is 2.85 bits per heavy atom. The first-order valence-corrected chi connectivity index (χ1v) is 6.27. The second-order valence-electron chi connectivity index (χ2n) is 4.81. The molecular formula is C15H13N3O2. The Hall–Kier alpha value is -2.69. The minimum atomic E-state index is -0.370. The smallest absolute Gasteiger partial charge is 0.271 e. The molecule has 0 unspecified atom stereocenters. The van der Waals surface area contributed by atoms with E-state index in [1.807, 2.05) is 36.1 Å². The van der Waals surface area contributed by atoms with Crippen molar-refractivity contribution in [1.82, 2.24) is 9.55 Å². The van der Waals surface area contributed by atoms with Crippen molar-refractivity contribution in [1.29, 1.82) is 0 Å². The average molecular weight is 267 g/mol. The van der Waals surface area contributed by atoms with Crippen molar-refractivity contribution in [3.05, 3.63) is 70.2 Å². The van der Waals surface area contributed by atoms with Gasteiger partial charge in [-0.05, 0) is 30.2 Å². The molecule has 20 heavy (non-hydrogen) atoms. The fraction of sp³-hybridized carbons (Fsp3) is 0.133. The third-order valence-corrected chi connectivity index (χ3v) is 3.25. The highest BCUT2D eigenvalue weighted by molar-refractivity contribution is 5.82. The highest BCUT2D eigenvalue weighted by Crippen LogP contribution is 2.22. The zero-order valence-corrected chi connectivity index (χ0v) is 11.0. The maximum atomic E-state index is 10.9. The lowest BCUT2D eigenvalue weighted by molar-refractivity contribution is -0.384. The largest absolute Gasteiger partial charge is 0.343 e. The van der Waals surface area contributed by atoms with Crippen LogP contribution in [0.15, 0.2) is 48.9 Å². The van der Waals surface area contributed by atoms with Gasteiger partial charge in [-0.25, -0.2) is 0 Å². The standard InChI is InChI=1S/C15H13N3O2/c1-11-6-12(9-16-8-11)10-17-5-4-13-2-3-14(18(19)20)7-15(13)17/h2-9H,10H2,1H3. The molecule has 0 amide bonds.